The monoisotopic (exact) mass is 252 g/mol. The van der Waals surface area contributed by atoms with E-state index in [1.807, 2.05) is 24.1 Å². The van der Waals surface area contributed by atoms with E-state index in [1.165, 1.54) is 0 Å². The molecule has 0 aliphatic carbocycles. The molecule has 1 aromatic heterocycles. The van der Waals surface area contributed by atoms with Crippen LogP contribution < -0.4 is 5.73 Å². The lowest BCUT2D eigenvalue weighted by atomic mass is 9.98. The highest BCUT2D eigenvalue weighted by molar-refractivity contribution is 5.14. The molecule has 2 rings (SSSR count). The molecule has 5 nitrogen and oxygen atoms in total. The zero-order valence-corrected chi connectivity index (χ0v) is 11.3. The van der Waals surface area contributed by atoms with E-state index in [1.54, 1.807) is 0 Å². The van der Waals surface area contributed by atoms with Gasteiger partial charge in [0.25, 0.3) is 0 Å². The Kier molecular flexibility index (Phi) is 4.37. The summed E-state index contributed by atoms with van der Waals surface area (Å²) >= 11 is 0. The number of likely N-dealkylation sites (tertiary alicyclic amines) is 1. The van der Waals surface area contributed by atoms with Gasteiger partial charge < -0.3 is 10.8 Å². The predicted molar refractivity (Wildman–Crippen MR) is 71.0 cm³/mol. The van der Waals surface area contributed by atoms with Crippen molar-refractivity contribution in [2.75, 3.05) is 13.2 Å². The van der Waals surface area contributed by atoms with Crippen molar-refractivity contribution >= 4 is 0 Å². The van der Waals surface area contributed by atoms with Gasteiger partial charge in [-0.2, -0.15) is 5.10 Å². The second-order valence-electron chi connectivity index (χ2n) is 5.18. The number of aryl methyl sites for hydroxylation is 1. The maximum Gasteiger partial charge on any atom is 0.0587 e. The average Bonchev–Trinajstić information content (AvgIpc) is 2.99. The van der Waals surface area contributed by atoms with Crippen LogP contribution in [0.4, 0.5) is 0 Å². The van der Waals surface area contributed by atoms with Crippen LogP contribution in [0.2, 0.25) is 0 Å². The van der Waals surface area contributed by atoms with Gasteiger partial charge in [0.1, 0.15) is 0 Å². The quantitative estimate of drug-likeness (QED) is 0.807. The summed E-state index contributed by atoms with van der Waals surface area (Å²) in [5.41, 5.74) is 7.45. The fourth-order valence-corrected chi connectivity index (χ4v) is 2.92. The summed E-state index contributed by atoms with van der Waals surface area (Å²) in [6, 6.07) is 0.498. The van der Waals surface area contributed by atoms with Gasteiger partial charge in [0.05, 0.1) is 18.8 Å². The molecule has 1 aromatic rings. The molecule has 18 heavy (non-hydrogen) atoms. The second-order valence-corrected chi connectivity index (χ2v) is 5.18. The minimum absolute atomic E-state index is 0.0846. The molecular formula is C13H24N4O. The number of nitrogens with two attached hydrogens (primary N) is 1. The molecule has 1 fully saturated rings. The Morgan fingerprint density at radius 1 is 1.61 bits per heavy atom. The third-order valence-electron chi connectivity index (χ3n) is 3.93. The number of aliphatic hydroxyl groups excluding tert-OH is 1. The zero-order chi connectivity index (χ0) is 13.1. The van der Waals surface area contributed by atoms with E-state index < -0.39 is 0 Å². The highest BCUT2D eigenvalue weighted by Crippen LogP contribution is 2.31. The van der Waals surface area contributed by atoms with Crippen LogP contribution in [0.25, 0.3) is 0 Å². The van der Waals surface area contributed by atoms with Gasteiger partial charge in [0, 0.05) is 30.9 Å². The van der Waals surface area contributed by atoms with E-state index in [-0.39, 0.29) is 24.7 Å². The number of aromatic nitrogens is 2. The van der Waals surface area contributed by atoms with Crippen molar-refractivity contribution in [2.24, 2.45) is 12.8 Å². The molecule has 0 amide bonds. The van der Waals surface area contributed by atoms with E-state index in [4.69, 9.17) is 5.73 Å². The molecule has 3 unspecified atom stereocenters. The molecule has 1 saturated heterocycles. The largest absolute Gasteiger partial charge is 0.395 e. The van der Waals surface area contributed by atoms with Gasteiger partial charge in [-0.1, -0.05) is 6.92 Å². The molecule has 2 heterocycles. The molecule has 1 aliphatic rings. The lowest BCUT2D eigenvalue weighted by Gasteiger charge is -2.35. The Hall–Kier alpha value is -0.910. The third-order valence-corrected chi connectivity index (χ3v) is 3.93. The summed E-state index contributed by atoms with van der Waals surface area (Å²) in [5.74, 6) is 0. The number of rotatable bonds is 5. The van der Waals surface area contributed by atoms with Gasteiger partial charge in [0.2, 0.25) is 0 Å². The van der Waals surface area contributed by atoms with Crippen LogP contribution in [-0.2, 0) is 7.05 Å². The van der Waals surface area contributed by atoms with Gasteiger partial charge in [0.15, 0.2) is 0 Å². The fourth-order valence-electron chi connectivity index (χ4n) is 2.92. The van der Waals surface area contributed by atoms with E-state index in [9.17, 15) is 5.11 Å². The Morgan fingerprint density at radius 3 is 2.94 bits per heavy atom. The van der Waals surface area contributed by atoms with Crippen molar-refractivity contribution in [1.82, 2.24) is 14.7 Å². The van der Waals surface area contributed by atoms with Crippen LogP contribution in [0.5, 0.6) is 0 Å². The SMILES string of the molecule is CCC(N)C(c1cnn(C)c1)N1CCCC1CO. The number of hydrogen-bond donors (Lipinski definition) is 2. The van der Waals surface area contributed by atoms with E-state index in [0.29, 0.717) is 0 Å². The smallest absolute Gasteiger partial charge is 0.0587 e. The lowest BCUT2D eigenvalue weighted by molar-refractivity contribution is 0.104. The van der Waals surface area contributed by atoms with Crippen molar-refractivity contribution < 1.29 is 5.11 Å². The summed E-state index contributed by atoms with van der Waals surface area (Å²) in [7, 11) is 1.92. The fraction of sp³-hybridized carbons (Fsp3) is 0.769. The highest BCUT2D eigenvalue weighted by Gasteiger charge is 2.34. The highest BCUT2D eigenvalue weighted by atomic mass is 16.3. The number of aliphatic hydroxyl groups is 1. The molecule has 3 atom stereocenters. The molecule has 5 heteroatoms. The van der Waals surface area contributed by atoms with Crippen LogP contribution >= 0.6 is 0 Å². The van der Waals surface area contributed by atoms with E-state index in [2.05, 4.69) is 16.9 Å². The van der Waals surface area contributed by atoms with Gasteiger partial charge in [-0.05, 0) is 25.8 Å². The Morgan fingerprint density at radius 2 is 2.39 bits per heavy atom. The summed E-state index contributed by atoms with van der Waals surface area (Å²) in [5, 5.41) is 13.7. The maximum absolute atomic E-state index is 9.49. The maximum atomic E-state index is 9.49. The van der Waals surface area contributed by atoms with Crippen LogP contribution in [0.1, 0.15) is 37.8 Å². The average molecular weight is 252 g/mol. The predicted octanol–water partition coefficient (Wildman–Crippen LogP) is 0.655. The topological polar surface area (TPSA) is 67.3 Å². The number of hydrogen-bond acceptors (Lipinski definition) is 4. The first-order valence-corrected chi connectivity index (χ1v) is 6.78. The standard InChI is InChI=1S/C13H24N4O/c1-3-12(14)13(10-7-15-16(2)8-10)17-6-4-5-11(17)9-18/h7-8,11-13,18H,3-6,9,14H2,1-2H3. The van der Waals surface area contributed by atoms with Crippen molar-refractivity contribution in [2.45, 2.75) is 44.3 Å². The summed E-state index contributed by atoms with van der Waals surface area (Å²) in [6.07, 6.45) is 7.05. The van der Waals surface area contributed by atoms with Crippen LogP contribution in [0, 0.1) is 0 Å². The first kappa shape index (κ1) is 13.5. The molecule has 0 spiro atoms. The minimum Gasteiger partial charge on any atom is -0.395 e. The van der Waals surface area contributed by atoms with Gasteiger partial charge in [-0.25, -0.2) is 0 Å². The minimum atomic E-state index is 0.0846. The molecule has 3 N–H and O–H groups in total. The number of nitrogens with zero attached hydrogens (tertiary/aromatic N) is 3. The Bertz CT molecular complexity index is 379. The van der Waals surface area contributed by atoms with E-state index >= 15 is 0 Å². The van der Waals surface area contributed by atoms with Gasteiger partial charge >= 0.3 is 0 Å². The summed E-state index contributed by atoms with van der Waals surface area (Å²) < 4.78 is 1.81. The van der Waals surface area contributed by atoms with Gasteiger partial charge in [-0.15, -0.1) is 0 Å². The summed E-state index contributed by atoms with van der Waals surface area (Å²) in [6.45, 7) is 3.34. The van der Waals surface area contributed by atoms with Crippen molar-refractivity contribution in [3.8, 4) is 0 Å². The summed E-state index contributed by atoms with van der Waals surface area (Å²) in [4.78, 5) is 2.35. The Balaban J connectivity index is 2.25. The van der Waals surface area contributed by atoms with Crippen molar-refractivity contribution in [3.05, 3.63) is 18.0 Å². The van der Waals surface area contributed by atoms with E-state index in [0.717, 1.165) is 31.4 Å². The van der Waals surface area contributed by atoms with Crippen LogP contribution in [0.15, 0.2) is 12.4 Å². The third kappa shape index (κ3) is 2.58. The Labute approximate surface area is 109 Å². The lowest BCUT2D eigenvalue weighted by Crippen LogP contribution is -2.44. The first-order chi connectivity index (χ1) is 8.67. The second kappa shape index (κ2) is 5.82. The molecule has 0 saturated carbocycles. The normalized spacial score (nSPS) is 24.3. The molecule has 0 bridgehead atoms. The molecule has 0 radical (unpaired) electrons. The molecule has 1 aliphatic heterocycles. The van der Waals surface area contributed by atoms with Crippen LogP contribution in [-0.4, -0.2) is 45.0 Å². The molecular weight excluding hydrogens is 228 g/mol. The first-order valence-electron chi connectivity index (χ1n) is 6.78. The van der Waals surface area contributed by atoms with Crippen molar-refractivity contribution in [1.29, 1.82) is 0 Å². The van der Waals surface area contributed by atoms with Gasteiger partial charge in [-0.3, -0.25) is 9.58 Å². The molecule has 102 valence electrons. The van der Waals surface area contributed by atoms with Crippen molar-refractivity contribution in [3.63, 3.8) is 0 Å². The molecule has 0 aromatic carbocycles. The zero-order valence-electron chi connectivity index (χ0n) is 11.3. The van der Waals surface area contributed by atoms with Crippen LogP contribution in [0.3, 0.4) is 0 Å².